The first-order valence-electron chi connectivity index (χ1n) is 9.49. The molecule has 3 rings (SSSR count). The molecule has 0 saturated heterocycles. The number of rotatable bonds is 3. The van der Waals surface area contributed by atoms with Gasteiger partial charge < -0.3 is 15.4 Å². The van der Waals surface area contributed by atoms with E-state index in [0.29, 0.717) is 16.7 Å². The Balaban J connectivity index is 1.69. The molecule has 1 aromatic heterocycles. The third kappa shape index (κ3) is 4.73. The summed E-state index contributed by atoms with van der Waals surface area (Å²) in [5, 5.41) is 8.26. The fourth-order valence-electron chi connectivity index (χ4n) is 3.90. The lowest BCUT2D eigenvalue weighted by Crippen LogP contribution is -2.38. The van der Waals surface area contributed by atoms with E-state index in [4.69, 9.17) is 17.0 Å². The van der Waals surface area contributed by atoms with Crippen LogP contribution in [0.2, 0.25) is 0 Å². The summed E-state index contributed by atoms with van der Waals surface area (Å²) in [4.78, 5) is 13.6. The number of thiophene rings is 1. The lowest BCUT2D eigenvalue weighted by atomic mass is 9.95. The molecule has 1 saturated carbocycles. The van der Waals surface area contributed by atoms with E-state index in [9.17, 15) is 4.79 Å². The number of carbonyl (C=O) groups excluding carboxylic acids is 1. The molecule has 1 fully saturated rings. The normalized spacial score (nSPS) is 18.6. The molecule has 0 spiro atoms. The van der Waals surface area contributed by atoms with Crippen molar-refractivity contribution in [3.05, 3.63) is 16.0 Å². The SMILES string of the molecule is COC(=O)c1c(NC(=S)NC2CCCCCCC2)sc2c1CCCC2. The lowest BCUT2D eigenvalue weighted by Gasteiger charge is -2.22. The van der Waals surface area contributed by atoms with Gasteiger partial charge in [0.15, 0.2) is 5.11 Å². The van der Waals surface area contributed by atoms with Crippen LogP contribution >= 0.6 is 23.6 Å². The highest BCUT2D eigenvalue weighted by molar-refractivity contribution is 7.80. The molecule has 1 aromatic rings. The number of aryl methyl sites for hydroxylation is 1. The molecule has 4 nitrogen and oxygen atoms in total. The van der Waals surface area contributed by atoms with Gasteiger partial charge in [-0.3, -0.25) is 0 Å². The summed E-state index contributed by atoms with van der Waals surface area (Å²) in [6.45, 7) is 0. The van der Waals surface area contributed by atoms with Gasteiger partial charge in [-0.15, -0.1) is 11.3 Å². The van der Waals surface area contributed by atoms with E-state index in [1.54, 1.807) is 11.3 Å². The van der Waals surface area contributed by atoms with Crippen molar-refractivity contribution in [1.82, 2.24) is 5.32 Å². The molecule has 2 aliphatic carbocycles. The third-order valence-corrected chi connectivity index (χ3v) is 6.66. The van der Waals surface area contributed by atoms with Gasteiger partial charge in [-0.2, -0.15) is 0 Å². The summed E-state index contributed by atoms with van der Waals surface area (Å²) in [7, 11) is 1.45. The maximum absolute atomic E-state index is 12.3. The van der Waals surface area contributed by atoms with E-state index >= 15 is 0 Å². The van der Waals surface area contributed by atoms with Crippen LogP contribution < -0.4 is 10.6 Å². The average Bonchev–Trinajstić information content (AvgIpc) is 2.94. The van der Waals surface area contributed by atoms with E-state index in [0.717, 1.165) is 24.3 Å². The van der Waals surface area contributed by atoms with Gasteiger partial charge in [-0.25, -0.2) is 4.79 Å². The van der Waals surface area contributed by atoms with E-state index in [2.05, 4.69) is 10.6 Å². The summed E-state index contributed by atoms with van der Waals surface area (Å²) in [6, 6.07) is 0.441. The Morgan fingerprint density at radius 2 is 1.76 bits per heavy atom. The Kier molecular flexibility index (Phi) is 6.70. The van der Waals surface area contributed by atoms with Crippen LogP contribution in [0.15, 0.2) is 0 Å². The number of thiocarbonyl (C=S) groups is 1. The average molecular weight is 381 g/mol. The molecular weight excluding hydrogens is 352 g/mol. The molecule has 2 aliphatic rings. The van der Waals surface area contributed by atoms with Crippen LogP contribution in [0.4, 0.5) is 5.00 Å². The van der Waals surface area contributed by atoms with Crippen LogP contribution in [0, 0.1) is 0 Å². The second-order valence-corrected chi connectivity index (χ2v) is 8.56. The van der Waals surface area contributed by atoms with Gasteiger partial charge in [0.2, 0.25) is 0 Å². The van der Waals surface area contributed by atoms with Crippen molar-refractivity contribution in [2.75, 3.05) is 12.4 Å². The lowest BCUT2D eigenvalue weighted by molar-refractivity contribution is 0.0601. The number of nitrogens with one attached hydrogen (secondary N) is 2. The molecule has 25 heavy (non-hydrogen) atoms. The van der Waals surface area contributed by atoms with Gasteiger partial charge >= 0.3 is 5.97 Å². The minimum atomic E-state index is -0.254. The van der Waals surface area contributed by atoms with Crippen molar-refractivity contribution in [3.8, 4) is 0 Å². The first kappa shape index (κ1) is 18.6. The van der Waals surface area contributed by atoms with E-state index in [1.165, 1.54) is 68.9 Å². The first-order chi connectivity index (χ1) is 12.2. The van der Waals surface area contributed by atoms with Crippen molar-refractivity contribution in [1.29, 1.82) is 0 Å². The third-order valence-electron chi connectivity index (χ3n) is 5.23. The number of hydrogen-bond acceptors (Lipinski definition) is 4. The van der Waals surface area contributed by atoms with Crippen LogP contribution in [0.3, 0.4) is 0 Å². The predicted molar refractivity (Wildman–Crippen MR) is 108 cm³/mol. The molecule has 0 unspecified atom stereocenters. The highest BCUT2D eigenvalue weighted by atomic mass is 32.1. The summed E-state index contributed by atoms with van der Waals surface area (Å²) in [5.74, 6) is -0.254. The zero-order valence-electron chi connectivity index (χ0n) is 15.0. The highest BCUT2D eigenvalue weighted by Crippen LogP contribution is 2.38. The number of methoxy groups -OCH3 is 1. The van der Waals surface area contributed by atoms with E-state index in [-0.39, 0.29) is 5.97 Å². The predicted octanol–water partition coefficient (Wildman–Crippen LogP) is 4.81. The first-order valence-corrected chi connectivity index (χ1v) is 10.7. The monoisotopic (exact) mass is 380 g/mol. The van der Waals surface area contributed by atoms with Crippen LogP contribution in [0.1, 0.15) is 78.6 Å². The van der Waals surface area contributed by atoms with Crippen molar-refractivity contribution in [3.63, 3.8) is 0 Å². The van der Waals surface area contributed by atoms with Crippen molar-refractivity contribution in [2.24, 2.45) is 0 Å². The summed E-state index contributed by atoms with van der Waals surface area (Å²) in [6.07, 6.45) is 13.2. The molecule has 0 aromatic carbocycles. The van der Waals surface area contributed by atoms with E-state index in [1.807, 2.05) is 0 Å². The smallest absolute Gasteiger partial charge is 0.341 e. The summed E-state index contributed by atoms with van der Waals surface area (Å²) < 4.78 is 5.03. The Morgan fingerprint density at radius 3 is 2.48 bits per heavy atom. The molecule has 0 aliphatic heterocycles. The molecule has 0 atom stereocenters. The quantitative estimate of drug-likeness (QED) is 0.582. The minimum Gasteiger partial charge on any atom is -0.465 e. The van der Waals surface area contributed by atoms with Gasteiger partial charge in [0.05, 0.1) is 12.7 Å². The molecule has 2 N–H and O–H groups in total. The Labute approximate surface area is 159 Å². The topological polar surface area (TPSA) is 50.4 Å². The van der Waals surface area contributed by atoms with Crippen LogP contribution in [0.25, 0.3) is 0 Å². The second kappa shape index (κ2) is 8.99. The Morgan fingerprint density at radius 1 is 1.08 bits per heavy atom. The molecule has 0 amide bonds. The number of anilines is 1. The molecule has 0 bridgehead atoms. The number of ether oxygens (including phenoxy) is 1. The van der Waals surface area contributed by atoms with Gasteiger partial charge in [0, 0.05) is 10.9 Å². The maximum atomic E-state index is 12.3. The number of esters is 1. The second-order valence-electron chi connectivity index (χ2n) is 7.05. The number of carbonyl (C=O) groups is 1. The number of fused-ring (bicyclic) bond motifs is 1. The van der Waals surface area contributed by atoms with Gasteiger partial charge in [-0.1, -0.05) is 32.1 Å². The summed E-state index contributed by atoms with van der Waals surface area (Å²) >= 11 is 7.21. The zero-order chi connectivity index (χ0) is 17.6. The molecule has 1 heterocycles. The molecule has 6 heteroatoms. The van der Waals surface area contributed by atoms with Crippen LogP contribution in [0.5, 0.6) is 0 Å². The van der Waals surface area contributed by atoms with Gasteiger partial charge in [-0.05, 0) is 56.3 Å². The van der Waals surface area contributed by atoms with Crippen molar-refractivity contribution in [2.45, 2.75) is 76.7 Å². The van der Waals surface area contributed by atoms with Gasteiger partial charge in [0.25, 0.3) is 0 Å². The highest BCUT2D eigenvalue weighted by Gasteiger charge is 2.26. The number of hydrogen-bond donors (Lipinski definition) is 2. The van der Waals surface area contributed by atoms with Gasteiger partial charge in [0.1, 0.15) is 5.00 Å². The summed E-state index contributed by atoms with van der Waals surface area (Å²) in [5.41, 5.74) is 1.86. The van der Waals surface area contributed by atoms with Crippen molar-refractivity contribution < 1.29 is 9.53 Å². The largest absolute Gasteiger partial charge is 0.465 e. The minimum absolute atomic E-state index is 0.254. The standard InChI is InChI=1S/C19H28N2O2S2/c1-23-18(22)16-14-11-7-8-12-15(14)25-17(16)21-19(24)20-13-9-5-3-2-4-6-10-13/h13H,2-12H2,1H3,(H2,20,21,24). The van der Waals surface area contributed by atoms with Crippen molar-refractivity contribution >= 4 is 39.6 Å². The van der Waals surface area contributed by atoms with Crippen LogP contribution in [-0.4, -0.2) is 24.2 Å². The van der Waals surface area contributed by atoms with E-state index < -0.39 is 0 Å². The molecule has 138 valence electrons. The molecular formula is C19H28N2O2S2. The zero-order valence-corrected chi connectivity index (χ0v) is 16.6. The van der Waals surface area contributed by atoms with Crippen LogP contribution in [-0.2, 0) is 17.6 Å². The fraction of sp³-hybridized carbons (Fsp3) is 0.684. The maximum Gasteiger partial charge on any atom is 0.341 e. The Bertz CT molecular complexity index is 619. The Hall–Kier alpha value is -1.14. The molecule has 0 radical (unpaired) electrons. The fourth-order valence-corrected chi connectivity index (χ4v) is 5.51.